The van der Waals surface area contributed by atoms with Crippen LogP contribution in [0.5, 0.6) is 0 Å². The Bertz CT molecular complexity index is 257. The maximum absolute atomic E-state index is 12.0. The normalized spacial score (nSPS) is 12.8. The van der Waals surface area contributed by atoms with Crippen molar-refractivity contribution in [3.63, 3.8) is 0 Å². The number of nitrogens with zero attached hydrogens (tertiary/aromatic N) is 1. The van der Waals surface area contributed by atoms with Crippen molar-refractivity contribution in [2.45, 2.75) is 65.7 Å². The third kappa shape index (κ3) is 6.48. The van der Waals surface area contributed by atoms with Gasteiger partial charge in [0.05, 0.1) is 6.54 Å². The van der Waals surface area contributed by atoms with Gasteiger partial charge in [0, 0.05) is 6.04 Å². The molecule has 2 N–H and O–H groups in total. The van der Waals surface area contributed by atoms with Crippen LogP contribution in [0.15, 0.2) is 0 Å². The second-order valence-corrected chi connectivity index (χ2v) is 6.08. The molecule has 5 nitrogen and oxygen atoms in total. The molecule has 1 amide bonds. The van der Waals surface area contributed by atoms with Crippen LogP contribution in [-0.2, 0) is 9.57 Å². The number of ether oxygens (including phenoxy) is 1. The molecule has 0 aromatic rings. The lowest BCUT2D eigenvalue weighted by atomic mass is 10.1. The summed E-state index contributed by atoms with van der Waals surface area (Å²) in [6.45, 7) is 13.4. The maximum atomic E-state index is 12.0. The molecular weight excluding hydrogens is 220 g/mol. The van der Waals surface area contributed by atoms with Gasteiger partial charge in [0.15, 0.2) is 0 Å². The van der Waals surface area contributed by atoms with E-state index in [4.69, 9.17) is 15.5 Å². The average Bonchev–Trinajstić information content (AvgIpc) is 2.11. The second kappa shape index (κ2) is 5.69. The molecule has 0 fully saturated rings. The van der Waals surface area contributed by atoms with Crippen LogP contribution in [0.1, 0.15) is 48.5 Å². The lowest BCUT2D eigenvalue weighted by molar-refractivity contribution is -0.0536. The summed E-state index contributed by atoms with van der Waals surface area (Å²) in [5, 5.41) is 0. The fourth-order valence-corrected chi connectivity index (χ4v) is 1.23. The molecule has 102 valence electrons. The van der Waals surface area contributed by atoms with Crippen LogP contribution in [0.25, 0.3) is 0 Å². The van der Waals surface area contributed by atoms with Gasteiger partial charge in [0.1, 0.15) is 11.2 Å². The lowest BCUT2D eigenvalue weighted by Crippen LogP contribution is -2.49. The molecule has 0 bridgehead atoms. The highest BCUT2D eigenvalue weighted by Crippen LogP contribution is 2.16. The lowest BCUT2D eigenvalue weighted by Gasteiger charge is -2.35. The topological polar surface area (TPSA) is 64.8 Å². The van der Waals surface area contributed by atoms with Crippen molar-refractivity contribution in [3.05, 3.63) is 0 Å². The summed E-state index contributed by atoms with van der Waals surface area (Å²) in [4.78, 5) is 18.5. The van der Waals surface area contributed by atoms with Crippen molar-refractivity contribution in [3.8, 4) is 0 Å². The molecule has 0 saturated carbocycles. The van der Waals surface area contributed by atoms with Crippen LogP contribution in [-0.4, -0.2) is 34.8 Å². The Morgan fingerprint density at radius 2 is 1.71 bits per heavy atom. The zero-order chi connectivity index (χ0) is 13.9. The Kier molecular flexibility index (Phi) is 5.42. The van der Waals surface area contributed by atoms with Crippen LogP contribution in [0.2, 0.25) is 0 Å². The SMILES string of the molecule is CC(C)N(CC(C)(C)ON)C(=O)OC(C)(C)C. The molecule has 0 unspecified atom stereocenters. The third-order valence-corrected chi connectivity index (χ3v) is 2.12. The van der Waals surface area contributed by atoms with E-state index in [1.54, 1.807) is 4.90 Å². The van der Waals surface area contributed by atoms with Gasteiger partial charge < -0.3 is 9.64 Å². The first kappa shape index (κ1) is 16.2. The van der Waals surface area contributed by atoms with E-state index in [1.165, 1.54) is 0 Å². The van der Waals surface area contributed by atoms with E-state index in [2.05, 4.69) is 0 Å². The minimum Gasteiger partial charge on any atom is -0.444 e. The van der Waals surface area contributed by atoms with Crippen molar-refractivity contribution in [2.75, 3.05) is 6.54 Å². The van der Waals surface area contributed by atoms with E-state index in [0.29, 0.717) is 6.54 Å². The van der Waals surface area contributed by atoms with Gasteiger partial charge in [-0.25, -0.2) is 10.7 Å². The number of amides is 1. The van der Waals surface area contributed by atoms with Gasteiger partial charge in [-0.2, -0.15) is 0 Å². The average molecular weight is 246 g/mol. The van der Waals surface area contributed by atoms with Gasteiger partial charge in [-0.1, -0.05) is 0 Å². The summed E-state index contributed by atoms with van der Waals surface area (Å²) in [5.74, 6) is 5.20. The van der Waals surface area contributed by atoms with Crippen molar-refractivity contribution >= 4 is 6.09 Å². The van der Waals surface area contributed by atoms with Crippen LogP contribution in [0.3, 0.4) is 0 Å². The highest BCUT2D eigenvalue weighted by molar-refractivity contribution is 5.68. The highest BCUT2D eigenvalue weighted by atomic mass is 16.6. The molecule has 0 spiro atoms. The van der Waals surface area contributed by atoms with Crippen LogP contribution < -0.4 is 5.90 Å². The fourth-order valence-electron chi connectivity index (χ4n) is 1.23. The molecule has 0 saturated heterocycles. The molecule has 0 aliphatic heterocycles. The van der Waals surface area contributed by atoms with Crippen molar-refractivity contribution in [1.82, 2.24) is 4.90 Å². The predicted molar refractivity (Wildman–Crippen MR) is 67.4 cm³/mol. The first-order chi connectivity index (χ1) is 7.48. The summed E-state index contributed by atoms with van der Waals surface area (Å²) < 4.78 is 5.34. The molecule has 0 aliphatic rings. The van der Waals surface area contributed by atoms with Gasteiger partial charge in [0.2, 0.25) is 0 Å². The summed E-state index contributed by atoms with van der Waals surface area (Å²) in [7, 11) is 0. The van der Waals surface area contributed by atoms with Crippen molar-refractivity contribution < 1.29 is 14.4 Å². The summed E-state index contributed by atoms with van der Waals surface area (Å²) in [6.07, 6.45) is -0.349. The fraction of sp³-hybridized carbons (Fsp3) is 0.917. The Morgan fingerprint density at radius 3 is 2.00 bits per heavy atom. The maximum Gasteiger partial charge on any atom is 0.410 e. The van der Waals surface area contributed by atoms with Gasteiger partial charge in [0.25, 0.3) is 0 Å². The molecule has 0 atom stereocenters. The van der Waals surface area contributed by atoms with Gasteiger partial charge in [-0.15, -0.1) is 0 Å². The monoisotopic (exact) mass is 246 g/mol. The van der Waals surface area contributed by atoms with Crippen LogP contribution in [0.4, 0.5) is 4.79 Å². The standard InChI is InChI=1S/C12H26N2O3/c1-9(2)14(8-12(6,7)17-13)10(15)16-11(3,4)5/h9H,8,13H2,1-7H3. The largest absolute Gasteiger partial charge is 0.444 e. The molecule has 17 heavy (non-hydrogen) atoms. The quantitative estimate of drug-likeness (QED) is 0.773. The molecule has 0 aliphatic carbocycles. The molecule has 5 heteroatoms. The number of carbonyl (C=O) groups excluding carboxylic acids is 1. The van der Waals surface area contributed by atoms with E-state index in [0.717, 1.165) is 0 Å². The summed E-state index contributed by atoms with van der Waals surface area (Å²) in [5.41, 5.74) is -1.10. The molecule has 0 aromatic carbocycles. The minimum atomic E-state index is -0.596. The van der Waals surface area contributed by atoms with Crippen LogP contribution in [0, 0.1) is 0 Å². The Balaban J connectivity index is 4.70. The highest BCUT2D eigenvalue weighted by Gasteiger charge is 2.30. The second-order valence-electron chi connectivity index (χ2n) is 6.08. The zero-order valence-corrected chi connectivity index (χ0v) is 12.0. The molecule has 0 aromatic heterocycles. The molecule has 0 radical (unpaired) electrons. The number of rotatable bonds is 4. The molecular formula is C12H26N2O3. The Morgan fingerprint density at radius 1 is 1.24 bits per heavy atom. The van der Waals surface area contributed by atoms with Gasteiger partial charge in [-0.3, -0.25) is 4.84 Å². The number of hydrogen-bond acceptors (Lipinski definition) is 4. The smallest absolute Gasteiger partial charge is 0.410 e. The van der Waals surface area contributed by atoms with E-state index in [9.17, 15) is 4.79 Å². The van der Waals surface area contributed by atoms with E-state index >= 15 is 0 Å². The first-order valence-electron chi connectivity index (χ1n) is 5.86. The van der Waals surface area contributed by atoms with E-state index < -0.39 is 11.2 Å². The number of nitrogens with two attached hydrogens (primary N) is 1. The van der Waals surface area contributed by atoms with E-state index in [1.807, 2.05) is 48.5 Å². The Hall–Kier alpha value is -0.810. The first-order valence-corrected chi connectivity index (χ1v) is 5.86. The van der Waals surface area contributed by atoms with Gasteiger partial charge >= 0.3 is 6.09 Å². The van der Waals surface area contributed by atoms with Crippen molar-refractivity contribution in [1.29, 1.82) is 0 Å². The number of hydrogen-bond donors (Lipinski definition) is 1. The van der Waals surface area contributed by atoms with Gasteiger partial charge in [-0.05, 0) is 48.5 Å². The van der Waals surface area contributed by atoms with Crippen LogP contribution >= 0.6 is 0 Å². The minimum absolute atomic E-state index is 0.0271. The molecule has 0 heterocycles. The Labute approximate surface area is 104 Å². The molecule has 0 rings (SSSR count). The predicted octanol–water partition coefficient (Wildman–Crippen LogP) is 2.30. The third-order valence-electron chi connectivity index (χ3n) is 2.12. The van der Waals surface area contributed by atoms with Crippen molar-refractivity contribution in [2.24, 2.45) is 5.90 Å². The zero-order valence-electron chi connectivity index (χ0n) is 12.0. The van der Waals surface area contributed by atoms with E-state index in [-0.39, 0.29) is 12.1 Å². The summed E-state index contributed by atoms with van der Waals surface area (Å²) >= 11 is 0. The number of carbonyl (C=O) groups is 1. The summed E-state index contributed by atoms with van der Waals surface area (Å²) in [6, 6.07) is 0.0271.